The normalized spacial score (nSPS) is 15.1. The van der Waals surface area contributed by atoms with Crippen LogP contribution in [0.1, 0.15) is 38.6 Å². The van der Waals surface area contributed by atoms with E-state index in [0.717, 1.165) is 29.6 Å². The molecule has 0 radical (unpaired) electrons. The fourth-order valence-corrected chi connectivity index (χ4v) is 2.41. The summed E-state index contributed by atoms with van der Waals surface area (Å²) < 4.78 is 3.11. The van der Waals surface area contributed by atoms with Crippen LogP contribution in [0.3, 0.4) is 0 Å². The molecule has 1 rings (SSSR count). The zero-order valence-electron chi connectivity index (χ0n) is 10.5. The van der Waals surface area contributed by atoms with Crippen molar-refractivity contribution in [3.63, 3.8) is 0 Å². The highest BCUT2D eigenvalue weighted by Gasteiger charge is 2.19. The highest BCUT2D eigenvalue weighted by molar-refractivity contribution is 9.10. The van der Waals surface area contributed by atoms with Crippen molar-refractivity contribution in [2.45, 2.75) is 53.2 Å². The van der Waals surface area contributed by atoms with Crippen molar-refractivity contribution in [1.82, 2.24) is 9.78 Å². The largest absolute Gasteiger partial charge is 0.393 e. The van der Waals surface area contributed by atoms with E-state index < -0.39 is 0 Å². The molecule has 0 spiro atoms. The third-order valence-corrected chi connectivity index (χ3v) is 4.15. The molecule has 0 aromatic carbocycles. The fraction of sp³-hybridized carbons (Fsp3) is 0.750. The van der Waals surface area contributed by atoms with Gasteiger partial charge in [-0.3, -0.25) is 4.68 Å². The summed E-state index contributed by atoms with van der Waals surface area (Å²) in [5.41, 5.74) is 2.23. The molecular weight excluding hydrogens is 268 g/mol. The second-order valence-electron chi connectivity index (χ2n) is 4.27. The Labute approximate surface area is 106 Å². The molecule has 1 heterocycles. The number of hydrogen-bond acceptors (Lipinski definition) is 2. The number of rotatable bonds is 5. The Morgan fingerprint density at radius 2 is 2.06 bits per heavy atom. The average molecular weight is 289 g/mol. The van der Waals surface area contributed by atoms with E-state index in [1.165, 1.54) is 5.69 Å². The van der Waals surface area contributed by atoms with Gasteiger partial charge in [-0.05, 0) is 49.0 Å². The molecule has 1 N–H and O–H groups in total. The fourth-order valence-electron chi connectivity index (χ4n) is 1.97. The highest BCUT2D eigenvalue weighted by atomic mass is 79.9. The van der Waals surface area contributed by atoms with Crippen LogP contribution in [0, 0.1) is 12.8 Å². The van der Waals surface area contributed by atoms with Crippen LogP contribution in [0.5, 0.6) is 0 Å². The van der Waals surface area contributed by atoms with Crippen molar-refractivity contribution in [2.24, 2.45) is 5.92 Å². The summed E-state index contributed by atoms with van der Waals surface area (Å²) >= 11 is 3.58. The summed E-state index contributed by atoms with van der Waals surface area (Å²) in [7, 11) is 0. The van der Waals surface area contributed by atoms with E-state index in [9.17, 15) is 5.11 Å². The Morgan fingerprint density at radius 3 is 2.50 bits per heavy atom. The molecule has 1 aromatic rings. The van der Waals surface area contributed by atoms with Gasteiger partial charge < -0.3 is 5.11 Å². The Bertz CT molecular complexity index is 347. The van der Waals surface area contributed by atoms with E-state index in [1.807, 2.05) is 18.5 Å². The van der Waals surface area contributed by atoms with Crippen LogP contribution in [-0.2, 0) is 13.0 Å². The Morgan fingerprint density at radius 1 is 1.44 bits per heavy atom. The molecule has 0 aliphatic heterocycles. The van der Waals surface area contributed by atoms with E-state index >= 15 is 0 Å². The molecule has 0 fully saturated rings. The van der Waals surface area contributed by atoms with E-state index in [4.69, 9.17) is 0 Å². The van der Waals surface area contributed by atoms with E-state index in [-0.39, 0.29) is 6.10 Å². The van der Waals surface area contributed by atoms with Gasteiger partial charge in [0.1, 0.15) is 0 Å². The maximum atomic E-state index is 9.69. The van der Waals surface area contributed by atoms with E-state index in [0.29, 0.717) is 5.92 Å². The third-order valence-electron chi connectivity index (χ3n) is 3.11. The number of hydrogen-bond donors (Lipinski definition) is 1. The number of aryl methyl sites for hydroxylation is 2. The highest BCUT2D eigenvalue weighted by Crippen LogP contribution is 2.25. The van der Waals surface area contributed by atoms with Crippen LogP contribution in [0.4, 0.5) is 0 Å². The Kier molecular flexibility index (Phi) is 4.99. The maximum absolute atomic E-state index is 9.69. The molecule has 92 valence electrons. The van der Waals surface area contributed by atoms with Crippen molar-refractivity contribution < 1.29 is 5.11 Å². The summed E-state index contributed by atoms with van der Waals surface area (Å²) in [6.45, 7) is 8.94. The zero-order chi connectivity index (χ0) is 12.3. The minimum atomic E-state index is -0.266. The minimum absolute atomic E-state index is 0.266. The van der Waals surface area contributed by atoms with Gasteiger partial charge in [0.15, 0.2) is 0 Å². The van der Waals surface area contributed by atoms with Crippen LogP contribution in [0.2, 0.25) is 0 Å². The van der Waals surface area contributed by atoms with Gasteiger partial charge in [-0.25, -0.2) is 0 Å². The lowest BCUT2D eigenvalue weighted by molar-refractivity contribution is 0.121. The summed E-state index contributed by atoms with van der Waals surface area (Å²) in [6.07, 6.45) is 1.60. The molecular formula is C12H21BrN2O. The summed E-state index contributed by atoms with van der Waals surface area (Å²) in [5.74, 6) is 0.303. The molecule has 0 bridgehead atoms. The minimum Gasteiger partial charge on any atom is -0.393 e. The summed E-state index contributed by atoms with van der Waals surface area (Å²) in [6, 6.07) is 0. The smallest absolute Gasteiger partial charge is 0.0738 e. The maximum Gasteiger partial charge on any atom is 0.0738 e. The predicted octanol–water partition coefficient (Wildman–Crippen LogP) is 2.92. The quantitative estimate of drug-likeness (QED) is 0.905. The summed E-state index contributed by atoms with van der Waals surface area (Å²) in [4.78, 5) is 0. The number of halogens is 1. The van der Waals surface area contributed by atoms with Crippen LogP contribution >= 0.6 is 15.9 Å². The van der Waals surface area contributed by atoms with E-state index in [1.54, 1.807) is 0 Å². The molecule has 16 heavy (non-hydrogen) atoms. The van der Waals surface area contributed by atoms with Crippen molar-refractivity contribution in [3.05, 3.63) is 15.9 Å². The number of aliphatic hydroxyl groups is 1. The first kappa shape index (κ1) is 13.7. The lowest BCUT2D eigenvalue weighted by atomic mass is 9.95. The lowest BCUT2D eigenvalue weighted by Crippen LogP contribution is -2.20. The van der Waals surface area contributed by atoms with Gasteiger partial charge in [-0.1, -0.05) is 13.3 Å². The number of nitrogens with zero attached hydrogens (tertiary/aromatic N) is 2. The van der Waals surface area contributed by atoms with Gasteiger partial charge >= 0.3 is 0 Å². The molecule has 0 saturated heterocycles. The van der Waals surface area contributed by atoms with Crippen molar-refractivity contribution in [1.29, 1.82) is 0 Å². The first-order valence-corrected chi connectivity index (χ1v) is 6.70. The van der Waals surface area contributed by atoms with Gasteiger partial charge in [0.25, 0.3) is 0 Å². The van der Waals surface area contributed by atoms with E-state index in [2.05, 4.69) is 34.9 Å². The molecule has 0 aliphatic carbocycles. The van der Waals surface area contributed by atoms with Gasteiger partial charge in [-0.2, -0.15) is 5.10 Å². The second-order valence-corrected chi connectivity index (χ2v) is 5.07. The molecule has 0 amide bonds. The third kappa shape index (κ3) is 2.86. The van der Waals surface area contributed by atoms with Gasteiger partial charge in [0.05, 0.1) is 22.0 Å². The van der Waals surface area contributed by atoms with Crippen molar-refractivity contribution >= 4 is 15.9 Å². The average Bonchev–Trinajstić information content (AvgIpc) is 2.51. The summed E-state index contributed by atoms with van der Waals surface area (Å²) in [5, 5.41) is 14.2. The molecule has 2 unspecified atom stereocenters. The van der Waals surface area contributed by atoms with Gasteiger partial charge in [0.2, 0.25) is 0 Å². The number of aliphatic hydroxyl groups excluding tert-OH is 1. The monoisotopic (exact) mass is 288 g/mol. The van der Waals surface area contributed by atoms with Gasteiger partial charge in [0, 0.05) is 6.54 Å². The molecule has 0 saturated carbocycles. The van der Waals surface area contributed by atoms with Crippen LogP contribution in [0.15, 0.2) is 4.47 Å². The first-order chi connectivity index (χ1) is 7.51. The molecule has 2 atom stereocenters. The zero-order valence-corrected chi connectivity index (χ0v) is 12.1. The standard InChI is InChI=1S/C12H21BrN2O/c1-5-10(9(4)16)7-11-12(13)8(3)14-15(11)6-2/h9-10,16H,5-7H2,1-4H3. The molecule has 4 heteroatoms. The van der Waals surface area contributed by atoms with Crippen LogP contribution in [0.25, 0.3) is 0 Å². The Balaban J connectivity index is 2.94. The first-order valence-electron chi connectivity index (χ1n) is 5.91. The molecule has 3 nitrogen and oxygen atoms in total. The van der Waals surface area contributed by atoms with Crippen LogP contribution in [-0.4, -0.2) is 21.0 Å². The second kappa shape index (κ2) is 5.82. The lowest BCUT2D eigenvalue weighted by Gasteiger charge is -2.18. The van der Waals surface area contributed by atoms with Crippen LogP contribution < -0.4 is 0 Å². The van der Waals surface area contributed by atoms with Crippen molar-refractivity contribution in [3.8, 4) is 0 Å². The molecule has 1 aromatic heterocycles. The van der Waals surface area contributed by atoms with Crippen molar-refractivity contribution in [2.75, 3.05) is 0 Å². The SMILES string of the molecule is CCC(Cc1c(Br)c(C)nn1CC)C(C)O. The Hall–Kier alpha value is -0.350. The van der Waals surface area contributed by atoms with Gasteiger partial charge in [-0.15, -0.1) is 0 Å². The molecule has 0 aliphatic rings. The predicted molar refractivity (Wildman–Crippen MR) is 69.5 cm³/mol. The number of aromatic nitrogens is 2. The topological polar surface area (TPSA) is 38.0 Å².